The number of hydrogen-bond acceptors (Lipinski definition) is 4. The van der Waals surface area contributed by atoms with Gasteiger partial charge in [-0.3, -0.25) is 4.90 Å². The molecule has 2 N–H and O–H groups in total. The molecule has 0 aliphatic carbocycles. The fourth-order valence-corrected chi connectivity index (χ4v) is 2.13. The van der Waals surface area contributed by atoms with Crippen LogP contribution in [-0.2, 0) is 11.3 Å². The van der Waals surface area contributed by atoms with E-state index >= 15 is 0 Å². The van der Waals surface area contributed by atoms with Gasteiger partial charge in [-0.25, -0.2) is 0 Å². The lowest BCUT2D eigenvalue weighted by Crippen LogP contribution is -2.43. The molecule has 0 spiro atoms. The van der Waals surface area contributed by atoms with E-state index in [2.05, 4.69) is 22.3 Å². The van der Waals surface area contributed by atoms with Crippen molar-refractivity contribution in [3.63, 3.8) is 0 Å². The zero-order valence-electron chi connectivity index (χ0n) is 10.7. The zero-order valence-corrected chi connectivity index (χ0v) is 10.7. The van der Waals surface area contributed by atoms with Gasteiger partial charge in [0.2, 0.25) is 0 Å². The third-order valence-electron chi connectivity index (χ3n) is 3.12. The van der Waals surface area contributed by atoms with Gasteiger partial charge in [0.15, 0.2) is 0 Å². The number of β-amino-alcohol motifs (C(OH)–C–C–N with tert-alkyl or cyclic N) is 1. The Kier molecular flexibility index (Phi) is 5.61. The molecule has 0 radical (unpaired) electrons. The molecule has 0 aromatic heterocycles. The number of benzene rings is 1. The number of morpholine rings is 1. The maximum absolute atomic E-state index is 9.93. The Bertz CT molecular complexity index is 326. The van der Waals surface area contributed by atoms with E-state index in [-0.39, 0.29) is 6.10 Å². The SMILES string of the molecule is OC(CNCc1ccccc1)CN1CCOCC1. The molecular weight excluding hydrogens is 228 g/mol. The summed E-state index contributed by atoms with van der Waals surface area (Å²) in [6.45, 7) is 5.58. The molecule has 1 aromatic carbocycles. The molecule has 0 bridgehead atoms. The highest BCUT2D eigenvalue weighted by molar-refractivity contribution is 5.14. The average Bonchev–Trinajstić information content (AvgIpc) is 2.41. The second-order valence-electron chi connectivity index (χ2n) is 4.68. The summed E-state index contributed by atoms with van der Waals surface area (Å²) in [5.41, 5.74) is 1.25. The van der Waals surface area contributed by atoms with Gasteiger partial charge in [-0.05, 0) is 5.56 Å². The second-order valence-corrected chi connectivity index (χ2v) is 4.68. The molecule has 18 heavy (non-hydrogen) atoms. The molecule has 100 valence electrons. The first-order valence-electron chi connectivity index (χ1n) is 6.57. The summed E-state index contributed by atoms with van der Waals surface area (Å²) in [5.74, 6) is 0. The maximum Gasteiger partial charge on any atom is 0.0791 e. The van der Waals surface area contributed by atoms with Crippen molar-refractivity contribution in [1.29, 1.82) is 0 Å². The van der Waals surface area contributed by atoms with E-state index < -0.39 is 0 Å². The third kappa shape index (κ3) is 4.74. The number of ether oxygens (including phenoxy) is 1. The van der Waals surface area contributed by atoms with Crippen molar-refractivity contribution < 1.29 is 9.84 Å². The van der Waals surface area contributed by atoms with Crippen LogP contribution in [0.25, 0.3) is 0 Å². The van der Waals surface area contributed by atoms with E-state index in [1.807, 2.05) is 18.2 Å². The average molecular weight is 250 g/mol. The molecule has 1 atom stereocenters. The van der Waals surface area contributed by atoms with E-state index in [9.17, 15) is 5.11 Å². The van der Waals surface area contributed by atoms with Crippen LogP contribution in [0.2, 0.25) is 0 Å². The minimum Gasteiger partial charge on any atom is -0.390 e. The number of nitrogens with zero attached hydrogens (tertiary/aromatic N) is 1. The fraction of sp³-hybridized carbons (Fsp3) is 0.571. The second kappa shape index (κ2) is 7.48. The standard InChI is InChI=1S/C14H22N2O2/c17-14(12-16-6-8-18-9-7-16)11-15-10-13-4-2-1-3-5-13/h1-5,14-15,17H,6-12H2. The predicted molar refractivity (Wildman–Crippen MR) is 71.4 cm³/mol. The molecule has 1 saturated heterocycles. The highest BCUT2D eigenvalue weighted by Crippen LogP contribution is 2.00. The largest absolute Gasteiger partial charge is 0.390 e. The highest BCUT2D eigenvalue weighted by Gasteiger charge is 2.14. The lowest BCUT2D eigenvalue weighted by atomic mass is 10.2. The summed E-state index contributed by atoms with van der Waals surface area (Å²) in [6.07, 6.45) is -0.313. The number of aliphatic hydroxyl groups is 1. The summed E-state index contributed by atoms with van der Waals surface area (Å²) in [7, 11) is 0. The van der Waals surface area contributed by atoms with Crippen molar-refractivity contribution in [2.75, 3.05) is 39.4 Å². The van der Waals surface area contributed by atoms with Crippen molar-refractivity contribution in [3.05, 3.63) is 35.9 Å². The highest BCUT2D eigenvalue weighted by atomic mass is 16.5. The number of rotatable bonds is 6. The molecule has 2 rings (SSSR count). The van der Waals surface area contributed by atoms with Crippen LogP contribution in [0.15, 0.2) is 30.3 Å². The van der Waals surface area contributed by atoms with Crippen molar-refractivity contribution >= 4 is 0 Å². The molecule has 4 nitrogen and oxygen atoms in total. The van der Waals surface area contributed by atoms with Gasteiger partial charge < -0.3 is 15.2 Å². The van der Waals surface area contributed by atoms with Crippen LogP contribution in [0.1, 0.15) is 5.56 Å². The molecule has 1 heterocycles. The van der Waals surface area contributed by atoms with Gasteiger partial charge in [0.05, 0.1) is 19.3 Å². The van der Waals surface area contributed by atoms with E-state index in [4.69, 9.17) is 4.74 Å². The van der Waals surface area contributed by atoms with Crippen molar-refractivity contribution in [3.8, 4) is 0 Å². The van der Waals surface area contributed by atoms with Gasteiger partial charge in [0.1, 0.15) is 0 Å². The minimum absolute atomic E-state index is 0.313. The van der Waals surface area contributed by atoms with Crippen LogP contribution >= 0.6 is 0 Å². The minimum atomic E-state index is -0.313. The van der Waals surface area contributed by atoms with Gasteiger partial charge in [0, 0.05) is 32.7 Å². The number of nitrogens with one attached hydrogen (secondary N) is 1. The van der Waals surface area contributed by atoms with E-state index in [0.717, 1.165) is 39.4 Å². The van der Waals surface area contributed by atoms with Crippen LogP contribution in [0, 0.1) is 0 Å². The first-order valence-corrected chi connectivity index (χ1v) is 6.57. The summed E-state index contributed by atoms with van der Waals surface area (Å²) in [5, 5.41) is 13.2. The summed E-state index contributed by atoms with van der Waals surface area (Å²) >= 11 is 0. The van der Waals surface area contributed by atoms with Gasteiger partial charge in [0.25, 0.3) is 0 Å². The molecule has 1 aliphatic heterocycles. The Hall–Kier alpha value is -0.940. The van der Waals surface area contributed by atoms with E-state index in [0.29, 0.717) is 6.54 Å². The summed E-state index contributed by atoms with van der Waals surface area (Å²) in [6, 6.07) is 10.2. The fourth-order valence-electron chi connectivity index (χ4n) is 2.13. The molecule has 1 unspecified atom stereocenters. The van der Waals surface area contributed by atoms with Gasteiger partial charge in [-0.1, -0.05) is 30.3 Å². The first kappa shape index (κ1) is 13.5. The molecule has 1 aliphatic rings. The Balaban J connectivity index is 1.61. The number of hydrogen-bond donors (Lipinski definition) is 2. The topological polar surface area (TPSA) is 44.7 Å². The van der Waals surface area contributed by atoms with E-state index in [1.165, 1.54) is 5.56 Å². The summed E-state index contributed by atoms with van der Waals surface area (Å²) in [4.78, 5) is 2.25. The smallest absolute Gasteiger partial charge is 0.0791 e. The van der Waals surface area contributed by atoms with Crippen LogP contribution in [0.5, 0.6) is 0 Å². The van der Waals surface area contributed by atoms with Gasteiger partial charge >= 0.3 is 0 Å². The predicted octanol–water partition coefficient (Wildman–Crippen LogP) is 0.469. The molecule has 0 amide bonds. The molecule has 0 saturated carbocycles. The Morgan fingerprint density at radius 1 is 1.22 bits per heavy atom. The van der Waals surface area contributed by atoms with Gasteiger partial charge in [-0.15, -0.1) is 0 Å². The van der Waals surface area contributed by atoms with Crippen LogP contribution in [0.4, 0.5) is 0 Å². The van der Waals surface area contributed by atoms with Crippen molar-refractivity contribution in [2.45, 2.75) is 12.6 Å². The van der Waals surface area contributed by atoms with Crippen molar-refractivity contribution in [2.24, 2.45) is 0 Å². The Morgan fingerprint density at radius 3 is 2.67 bits per heavy atom. The monoisotopic (exact) mass is 250 g/mol. The molecule has 1 aromatic rings. The lowest BCUT2D eigenvalue weighted by Gasteiger charge is -2.28. The maximum atomic E-state index is 9.93. The molecular formula is C14H22N2O2. The van der Waals surface area contributed by atoms with Gasteiger partial charge in [-0.2, -0.15) is 0 Å². The van der Waals surface area contributed by atoms with Crippen LogP contribution < -0.4 is 5.32 Å². The Morgan fingerprint density at radius 2 is 1.94 bits per heavy atom. The lowest BCUT2D eigenvalue weighted by molar-refractivity contribution is 0.0149. The third-order valence-corrected chi connectivity index (χ3v) is 3.12. The van der Waals surface area contributed by atoms with E-state index in [1.54, 1.807) is 0 Å². The van der Waals surface area contributed by atoms with Crippen LogP contribution in [0.3, 0.4) is 0 Å². The molecule has 1 fully saturated rings. The Labute approximate surface area is 109 Å². The zero-order chi connectivity index (χ0) is 12.6. The quantitative estimate of drug-likeness (QED) is 0.770. The summed E-state index contributed by atoms with van der Waals surface area (Å²) < 4.78 is 5.28. The normalized spacial score (nSPS) is 18.7. The molecule has 4 heteroatoms. The van der Waals surface area contributed by atoms with Crippen LogP contribution in [-0.4, -0.2) is 55.5 Å². The number of aliphatic hydroxyl groups excluding tert-OH is 1. The van der Waals surface area contributed by atoms with Crippen molar-refractivity contribution in [1.82, 2.24) is 10.2 Å². The first-order chi connectivity index (χ1) is 8.84.